The van der Waals surface area contributed by atoms with E-state index < -0.39 is 0 Å². The Bertz CT molecular complexity index is 1540. The lowest BCUT2D eigenvalue weighted by Crippen LogP contribution is -2.25. The minimum absolute atomic E-state index is 0.141. The Hall–Kier alpha value is -4.30. The van der Waals surface area contributed by atoms with Crippen LogP contribution < -0.4 is 0 Å². The quantitative estimate of drug-likeness (QED) is 0.198. The van der Waals surface area contributed by atoms with Gasteiger partial charge in [-0.2, -0.15) is 0 Å². The number of ketones is 2. The number of aryl methyl sites for hydroxylation is 2. The summed E-state index contributed by atoms with van der Waals surface area (Å²) in [5, 5.41) is 0. The van der Waals surface area contributed by atoms with Gasteiger partial charge in [0.05, 0.1) is 5.57 Å². The van der Waals surface area contributed by atoms with Crippen molar-refractivity contribution in [1.82, 2.24) is 0 Å². The zero-order chi connectivity index (χ0) is 33.4. The summed E-state index contributed by atoms with van der Waals surface area (Å²) < 4.78 is 0. The third-order valence-electron chi connectivity index (χ3n) is 7.97. The molecule has 2 nitrogen and oxygen atoms in total. The number of hydrogen-bond donors (Lipinski definition) is 0. The first kappa shape index (κ1) is 36.9. The number of rotatable bonds is 10. The third kappa shape index (κ3) is 9.85. The molecule has 1 aromatic carbocycles. The molecule has 2 heteroatoms. The monoisotopic (exact) mass is 600 g/mol. The fourth-order valence-electron chi connectivity index (χ4n) is 5.57. The lowest BCUT2D eigenvalue weighted by atomic mass is 9.83. The Kier molecular flexibility index (Phi) is 15.7. The van der Waals surface area contributed by atoms with Gasteiger partial charge >= 0.3 is 0 Å². The van der Waals surface area contributed by atoms with Gasteiger partial charge in [0.1, 0.15) is 0 Å². The Morgan fingerprint density at radius 1 is 1.00 bits per heavy atom. The van der Waals surface area contributed by atoms with Crippen molar-refractivity contribution in [1.29, 1.82) is 0 Å². The molecule has 1 atom stereocenters. The van der Waals surface area contributed by atoms with E-state index in [1.165, 1.54) is 16.7 Å². The molecule has 3 aliphatic carbocycles. The molecule has 0 bridgehead atoms. The molecule has 1 unspecified atom stereocenters. The van der Waals surface area contributed by atoms with E-state index in [-0.39, 0.29) is 23.1 Å². The minimum atomic E-state index is -0.362. The first-order valence-electron chi connectivity index (χ1n) is 16.5. The molecule has 0 aliphatic heterocycles. The smallest absolute Gasteiger partial charge is 0.196 e. The number of carbonyl (C=O) groups is 2. The van der Waals surface area contributed by atoms with Gasteiger partial charge in [0.25, 0.3) is 0 Å². The van der Waals surface area contributed by atoms with Gasteiger partial charge in [-0.25, -0.2) is 0 Å². The van der Waals surface area contributed by atoms with Gasteiger partial charge in [0.2, 0.25) is 0 Å². The van der Waals surface area contributed by atoms with Gasteiger partial charge < -0.3 is 0 Å². The van der Waals surface area contributed by atoms with Crippen molar-refractivity contribution in [3.8, 4) is 0 Å². The van der Waals surface area contributed by atoms with Crippen LogP contribution in [-0.2, 0) is 22.4 Å². The highest BCUT2D eigenvalue weighted by atomic mass is 16.1. The fraction of sp³-hybridized carbons (Fsp3) is 0.302. The van der Waals surface area contributed by atoms with Crippen LogP contribution in [0.3, 0.4) is 0 Å². The average molecular weight is 601 g/mol. The third-order valence-corrected chi connectivity index (χ3v) is 7.97. The summed E-state index contributed by atoms with van der Waals surface area (Å²) in [6, 6.07) is 6.38. The van der Waals surface area contributed by atoms with Gasteiger partial charge in [-0.1, -0.05) is 139 Å². The summed E-state index contributed by atoms with van der Waals surface area (Å²) in [4.78, 5) is 27.1. The van der Waals surface area contributed by atoms with Gasteiger partial charge in [0, 0.05) is 11.5 Å². The van der Waals surface area contributed by atoms with Crippen LogP contribution in [0.15, 0.2) is 149 Å². The molecule has 0 spiro atoms. The average Bonchev–Trinajstić information content (AvgIpc) is 3.46. The van der Waals surface area contributed by atoms with Crippen molar-refractivity contribution in [3.63, 3.8) is 0 Å². The Morgan fingerprint density at radius 3 is 2.38 bits per heavy atom. The molecule has 4 rings (SSSR count). The van der Waals surface area contributed by atoms with Crippen molar-refractivity contribution in [2.45, 2.75) is 80.6 Å². The lowest BCUT2D eigenvalue weighted by molar-refractivity contribution is -0.121. The molecule has 1 aromatic rings. The van der Waals surface area contributed by atoms with Crippen molar-refractivity contribution in [3.05, 3.63) is 166 Å². The summed E-state index contributed by atoms with van der Waals surface area (Å²) in [5.74, 6) is -0.809. The Morgan fingerprint density at radius 2 is 1.71 bits per heavy atom. The molecule has 3 aliphatic rings. The maximum absolute atomic E-state index is 13.6. The molecule has 236 valence electrons. The van der Waals surface area contributed by atoms with Crippen LogP contribution >= 0.6 is 0 Å². The van der Waals surface area contributed by atoms with Crippen molar-refractivity contribution in [2.24, 2.45) is 5.92 Å². The second-order valence-electron chi connectivity index (χ2n) is 10.7. The molecule has 0 N–H and O–H groups in total. The van der Waals surface area contributed by atoms with Gasteiger partial charge in [-0.15, -0.1) is 0 Å². The van der Waals surface area contributed by atoms with Crippen molar-refractivity contribution >= 4 is 11.6 Å². The predicted molar refractivity (Wildman–Crippen MR) is 195 cm³/mol. The summed E-state index contributed by atoms with van der Waals surface area (Å²) in [7, 11) is 0. The van der Waals surface area contributed by atoms with Crippen LogP contribution in [0, 0.1) is 12.8 Å². The number of Topliss-reactive ketones (excluding diaryl/α,β-unsaturated/α-hetero) is 2. The first-order chi connectivity index (χ1) is 21.9. The van der Waals surface area contributed by atoms with E-state index in [0.29, 0.717) is 12.0 Å². The highest BCUT2D eigenvalue weighted by Gasteiger charge is 2.29. The Labute approximate surface area is 273 Å². The van der Waals surface area contributed by atoms with E-state index in [4.69, 9.17) is 0 Å². The van der Waals surface area contributed by atoms with Crippen LogP contribution in [-0.4, -0.2) is 11.6 Å². The molecule has 0 saturated carbocycles. The van der Waals surface area contributed by atoms with E-state index in [1.54, 1.807) is 6.08 Å². The maximum atomic E-state index is 13.6. The molecular weight excluding hydrogens is 548 g/mol. The summed E-state index contributed by atoms with van der Waals surface area (Å²) in [5.41, 5.74) is 9.54. The summed E-state index contributed by atoms with van der Waals surface area (Å²) in [6.07, 6.45) is 30.1. The molecule has 0 fully saturated rings. The molecule has 0 radical (unpaired) electrons. The molecule has 0 aromatic heterocycles. The minimum Gasteiger partial charge on any atom is -0.293 e. The summed E-state index contributed by atoms with van der Waals surface area (Å²) >= 11 is 0. The second-order valence-corrected chi connectivity index (χ2v) is 10.7. The van der Waals surface area contributed by atoms with Gasteiger partial charge in [-0.3, -0.25) is 9.59 Å². The normalized spacial score (nSPS) is 17.5. The van der Waals surface area contributed by atoms with Crippen LogP contribution in [0.25, 0.3) is 0 Å². The van der Waals surface area contributed by atoms with Gasteiger partial charge in [-0.05, 0) is 96.6 Å². The topological polar surface area (TPSA) is 34.1 Å². The van der Waals surface area contributed by atoms with Crippen LogP contribution in [0.5, 0.6) is 0 Å². The number of allylic oxidation sites excluding steroid dienone is 20. The zero-order valence-corrected chi connectivity index (χ0v) is 28.6. The SMILES string of the molecule is C=CC1=CCC=CC=C1/C(=C\C)CC1=CCC=CC(C(=C)C(=O)C2=CC=CC(Cc3ccc(CC)c(C)c3)C2=O)=C1.CC.CC. The molecule has 0 amide bonds. The highest BCUT2D eigenvalue weighted by molar-refractivity contribution is 6.28. The van der Waals surface area contributed by atoms with Crippen LogP contribution in [0.4, 0.5) is 0 Å². The molecule has 45 heavy (non-hydrogen) atoms. The second kappa shape index (κ2) is 19.2. The van der Waals surface area contributed by atoms with E-state index in [1.807, 2.05) is 64.2 Å². The van der Waals surface area contributed by atoms with Gasteiger partial charge in [0.15, 0.2) is 11.6 Å². The van der Waals surface area contributed by atoms with E-state index in [9.17, 15) is 9.59 Å². The van der Waals surface area contributed by atoms with Crippen LogP contribution in [0.2, 0.25) is 0 Å². The number of benzene rings is 1. The Balaban J connectivity index is 0.00000169. The predicted octanol–water partition coefficient (Wildman–Crippen LogP) is 11.1. The maximum Gasteiger partial charge on any atom is 0.196 e. The highest BCUT2D eigenvalue weighted by Crippen LogP contribution is 2.31. The fourth-order valence-corrected chi connectivity index (χ4v) is 5.57. The number of carbonyl (C=O) groups excluding carboxylic acids is 2. The lowest BCUT2D eigenvalue weighted by Gasteiger charge is -2.19. The molecular formula is C43H52O2. The zero-order valence-electron chi connectivity index (χ0n) is 28.6. The standard InChI is InChI=1S/C39H40O2.2C2H6/c1-6-31-22-21-30(23-27(31)4)26-35-18-14-20-37(39(35)41)38(40)28(5)34-17-13-12-15-29(25-34)24-33(8-3)36-19-11-9-10-16-32(36)7-2;2*1-2/h7-9,11,13-23,25,35H,2,5-6,10,12,24,26H2,1,3-4H3;2*1-2H3/b33-8-;;. The van der Waals surface area contributed by atoms with E-state index in [0.717, 1.165) is 53.5 Å². The summed E-state index contributed by atoms with van der Waals surface area (Å²) in [6.45, 7) is 22.5. The van der Waals surface area contributed by atoms with Crippen molar-refractivity contribution in [2.75, 3.05) is 0 Å². The largest absolute Gasteiger partial charge is 0.293 e. The van der Waals surface area contributed by atoms with E-state index >= 15 is 0 Å². The number of hydrogen-bond acceptors (Lipinski definition) is 2. The van der Waals surface area contributed by atoms with E-state index in [2.05, 4.69) is 88.6 Å². The van der Waals surface area contributed by atoms with Crippen LogP contribution in [0.1, 0.15) is 77.5 Å². The van der Waals surface area contributed by atoms with Crippen molar-refractivity contribution < 1.29 is 9.59 Å². The molecule has 0 heterocycles. The first-order valence-corrected chi connectivity index (χ1v) is 16.5. The molecule has 0 saturated heterocycles.